The molecule has 2 atom stereocenters. The lowest BCUT2D eigenvalue weighted by atomic mass is 9.88. The summed E-state index contributed by atoms with van der Waals surface area (Å²) in [5.74, 6) is 0.297. The molecular formula is C26H32N4O7S2. The van der Waals surface area contributed by atoms with Gasteiger partial charge in [0.25, 0.3) is 0 Å². The van der Waals surface area contributed by atoms with Gasteiger partial charge in [0.05, 0.1) is 27.5 Å². The number of sulfonamides is 2. The first kappa shape index (κ1) is 27.9. The van der Waals surface area contributed by atoms with Gasteiger partial charge in [-0.1, -0.05) is 12.1 Å². The molecule has 1 spiro atoms. The van der Waals surface area contributed by atoms with Crippen molar-refractivity contribution < 1.29 is 31.4 Å². The highest BCUT2D eigenvalue weighted by molar-refractivity contribution is 7.89. The summed E-state index contributed by atoms with van der Waals surface area (Å²) in [6.07, 6.45) is 2.74. The Kier molecular flexibility index (Phi) is 7.93. The van der Waals surface area contributed by atoms with Crippen LogP contribution in [0.5, 0.6) is 5.75 Å². The van der Waals surface area contributed by atoms with Crippen LogP contribution in [0.4, 0.5) is 0 Å². The Morgan fingerprint density at radius 1 is 1.10 bits per heavy atom. The molecule has 210 valence electrons. The summed E-state index contributed by atoms with van der Waals surface area (Å²) in [5.41, 5.74) is 0.354. The Balaban J connectivity index is 1.10. The number of benzene rings is 2. The van der Waals surface area contributed by atoms with Gasteiger partial charge in [-0.25, -0.2) is 22.0 Å². The van der Waals surface area contributed by atoms with E-state index in [1.54, 1.807) is 36.5 Å². The maximum absolute atomic E-state index is 13.3. The van der Waals surface area contributed by atoms with Gasteiger partial charge in [-0.3, -0.25) is 4.98 Å². The van der Waals surface area contributed by atoms with Crippen LogP contribution in [-0.4, -0.2) is 81.8 Å². The Bertz CT molecular complexity index is 1540. The van der Waals surface area contributed by atoms with E-state index in [-0.39, 0.29) is 29.0 Å². The molecule has 3 aromatic rings. The second-order valence-corrected chi connectivity index (χ2v) is 13.5. The SMILES string of the molecule is NS(=O)(=O)c1cccc(OC[C@@H](O)CN[C@H]2COC3(CCN(S(=O)(=O)c4ccc5ncccc5c4)CC3)C2)c1. The third-order valence-corrected chi connectivity index (χ3v) is 10.1. The van der Waals surface area contributed by atoms with E-state index in [4.69, 9.17) is 14.6 Å². The fraction of sp³-hybridized carbons (Fsp3) is 0.423. The van der Waals surface area contributed by atoms with Gasteiger partial charge >= 0.3 is 0 Å². The van der Waals surface area contributed by atoms with Gasteiger partial charge < -0.3 is 19.9 Å². The number of hydrogen-bond donors (Lipinski definition) is 3. The number of nitrogens with one attached hydrogen (secondary N) is 1. The smallest absolute Gasteiger partial charge is 0.243 e. The third-order valence-electron chi connectivity index (χ3n) is 7.27. The standard InChI is InChI=1S/C26H32N4O7S2/c27-38(32,33)23-5-1-4-22(14-23)36-18-21(31)16-29-20-15-26(37-17-20)8-11-30(12-9-26)39(34,35)24-6-7-25-19(13-24)3-2-10-28-25/h1-7,10,13-14,20-21,29,31H,8-9,11-12,15-18H2,(H2,27,32,33)/t20-,21+/m1/s1. The minimum atomic E-state index is -3.84. The average molecular weight is 577 g/mol. The van der Waals surface area contributed by atoms with E-state index in [0.29, 0.717) is 44.7 Å². The van der Waals surface area contributed by atoms with E-state index in [9.17, 15) is 21.9 Å². The van der Waals surface area contributed by atoms with E-state index < -0.39 is 31.8 Å². The molecule has 2 aliphatic heterocycles. The molecule has 39 heavy (non-hydrogen) atoms. The number of piperidine rings is 1. The van der Waals surface area contributed by atoms with Crippen LogP contribution in [0.1, 0.15) is 19.3 Å². The molecule has 0 amide bonds. The first-order chi connectivity index (χ1) is 18.5. The molecule has 2 aliphatic rings. The van der Waals surface area contributed by atoms with E-state index in [1.165, 1.54) is 22.5 Å². The Labute approximate surface area is 228 Å². The molecule has 11 nitrogen and oxygen atoms in total. The number of ether oxygens (including phenoxy) is 2. The number of nitrogens with zero attached hydrogens (tertiary/aromatic N) is 2. The normalized spacial score (nSPS) is 20.8. The molecule has 2 aromatic carbocycles. The van der Waals surface area contributed by atoms with Crippen molar-refractivity contribution >= 4 is 30.9 Å². The molecule has 1 aromatic heterocycles. The minimum absolute atomic E-state index is 0.0153. The highest BCUT2D eigenvalue weighted by Crippen LogP contribution is 2.37. The maximum atomic E-state index is 13.3. The molecule has 0 aliphatic carbocycles. The lowest BCUT2D eigenvalue weighted by Gasteiger charge is -2.38. The zero-order valence-electron chi connectivity index (χ0n) is 21.3. The van der Waals surface area contributed by atoms with Crippen LogP contribution in [0.15, 0.2) is 70.6 Å². The number of hydrogen-bond acceptors (Lipinski definition) is 9. The Hall–Kier alpha value is -2.65. The number of aliphatic hydroxyl groups excluding tert-OH is 1. The topological polar surface area (TPSA) is 161 Å². The van der Waals surface area contributed by atoms with Crippen molar-refractivity contribution in [3.8, 4) is 5.75 Å². The highest BCUT2D eigenvalue weighted by Gasteiger charge is 2.44. The first-order valence-electron chi connectivity index (χ1n) is 12.7. The molecule has 0 radical (unpaired) electrons. The van der Waals surface area contributed by atoms with Crippen LogP contribution >= 0.6 is 0 Å². The van der Waals surface area contributed by atoms with E-state index in [2.05, 4.69) is 10.3 Å². The molecule has 2 fully saturated rings. The molecule has 13 heteroatoms. The average Bonchev–Trinajstić information content (AvgIpc) is 3.32. The van der Waals surface area contributed by atoms with Gasteiger partial charge in [0, 0.05) is 43.3 Å². The van der Waals surface area contributed by atoms with Gasteiger partial charge in [-0.05, 0) is 55.7 Å². The molecule has 5 rings (SSSR count). The van der Waals surface area contributed by atoms with Crippen LogP contribution < -0.4 is 15.2 Å². The largest absolute Gasteiger partial charge is 0.491 e. The molecule has 0 saturated carbocycles. The van der Waals surface area contributed by atoms with Crippen molar-refractivity contribution in [2.75, 3.05) is 32.8 Å². The van der Waals surface area contributed by atoms with Crippen molar-refractivity contribution in [3.05, 3.63) is 60.8 Å². The van der Waals surface area contributed by atoms with Crippen LogP contribution in [0.3, 0.4) is 0 Å². The maximum Gasteiger partial charge on any atom is 0.243 e. The van der Waals surface area contributed by atoms with Crippen molar-refractivity contribution in [2.45, 2.75) is 46.8 Å². The molecule has 0 unspecified atom stereocenters. The summed E-state index contributed by atoms with van der Waals surface area (Å²) in [5, 5.41) is 19.6. The number of pyridine rings is 1. The predicted octanol–water partition coefficient (Wildman–Crippen LogP) is 1.22. The fourth-order valence-corrected chi connectivity index (χ4v) is 7.14. The fourth-order valence-electron chi connectivity index (χ4n) is 5.12. The summed E-state index contributed by atoms with van der Waals surface area (Å²) in [4.78, 5) is 4.46. The van der Waals surface area contributed by atoms with Gasteiger partial charge in [0.2, 0.25) is 20.0 Å². The lowest BCUT2D eigenvalue weighted by Crippen LogP contribution is -2.47. The molecule has 2 saturated heterocycles. The number of primary sulfonamides is 1. The monoisotopic (exact) mass is 576 g/mol. The molecule has 0 bridgehead atoms. The molecule has 3 heterocycles. The number of aromatic nitrogens is 1. The lowest BCUT2D eigenvalue weighted by molar-refractivity contribution is -0.0312. The van der Waals surface area contributed by atoms with Crippen molar-refractivity contribution in [1.29, 1.82) is 0 Å². The van der Waals surface area contributed by atoms with E-state index in [0.717, 1.165) is 10.9 Å². The quantitative estimate of drug-likeness (QED) is 0.340. The molecular weight excluding hydrogens is 544 g/mol. The van der Waals surface area contributed by atoms with Crippen LogP contribution in [-0.2, 0) is 24.8 Å². The molecule has 4 N–H and O–H groups in total. The van der Waals surface area contributed by atoms with Crippen molar-refractivity contribution in [3.63, 3.8) is 0 Å². The van der Waals surface area contributed by atoms with E-state index >= 15 is 0 Å². The minimum Gasteiger partial charge on any atom is -0.491 e. The third kappa shape index (κ3) is 6.40. The van der Waals surface area contributed by atoms with Crippen molar-refractivity contribution in [2.24, 2.45) is 5.14 Å². The summed E-state index contributed by atoms with van der Waals surface area (Å²) >= 11 is 0. The number of nitrogens with two attached hydrogens (primary N) is 1. The van der Waals surface area contributed by atoms with Crippen LogP contribution in [0.2, 0.25) is 0 Å². The van der Waals surface area contributed by atoms with Crippen LogP contribution in [0, 0.1) is 0 Å². The first-order valence-corrected chi connectivity index (χ1v) is 15.7. The summed E-state index contributed by atoms with van der Waals surface area (Å²) in [6, 6.07) is 14.4. The Morgan fingerprint density at radius 2 is 1.90 bits per heavy atom. The predicted molar refractivity (Wildman–Crippen MR) is 144 cm³/mol. The second kappa shape index (κ2) is 11.1. The summed E-state index contributed by atoms with van der Waals surface area (Å²) < 4.78 is 62.7. The summed E-state index contributed by atoms with van der Waals surface area (Å²) in [7, 11) is -7.47. The van der Waals surface area contributed by atoms with Crippen LogP contribution in [0.25, 0.3) is 10.9 Å². The van der Waals surface area contributed by atoms with Gasteiger partial charge in [0.1, 0.15) is 18.5 Å². The highest BCUT2D eigenvalue weighted by atomic mass is 32.2. The van der Waals surface area contributed by atoms with E-state index in [1.807, 2.05) is 6.07 Å². The number of fused-ring (bicyclic) bond motifs is 1. The number of rotatable bonds is 9. The van der Waals surface area contributed by atoms with Gasteiger partial charge in [-0.2, -0.15) is 4.31 Å². The summed E-state index contributed by atoms with van der Waals surface area (Å²) in [6.45, 7) is 1.44. The zero-order valence-corrected chi connectivity index (χ0v) is 22.9. The zero-order chi connectivity index (χ0) is 27.7. The second-order valence-electron chi connectivity index (χ2n) is 10.1. The van der Waals surface area contributed by atoms with Crippen molar-refractivity contribution in [1.82, 2.24) is 14.6 Å². The van der Waals surface area contributed by atoms with Gasteiger partial charge in [-0.15, -0.1) is 0 Å². The van der Waals surface area contributed by atoms with Gasteiger partial charge in [0.15, 0.2) is 0 Å². The Morgan fingerprint density at radius 3 is 2.67 bits per heavy atom. The number of aliphatic hydroxyl groups is 1.